The van der Waals surface area contributed by atoms with Crippen molar-refractivity contribution >= 4 is 22.5 Å². The minimum Gasteiger partial charge on any atom is -0.398 e. The molecule has 0 spiro atoms. The fourth-order valence-corrected chi connectivity index (χ4v) is 3.53. The molecule has 132 valence electrons. The Bertz CT molecular complexity index is 1130. The van der Waals surface area contributed by atoms with Crippen LogP contribution in [0.2, 0.25) is 0 Å². The number of allylic oxidation sites excluding steroid dienone is 1. The molecule has 1 heteroatoms. The minimum absolute atomic E-state index is 0.805. The number of rotatable bonds is 3. The maximum Gasteiger partial charge on any atom is 0.0393 e. The van der Waals surface area contributed by atoms with E-state index < -0.39 is 0 Å². The summed E-state index contributed by atoms with van der Waals surface area (Å²) in [5.41, 5.74) is 14.2. The summed E-state index contributed by atoms with van der Waals surface area (Å²) in [7, 11) is 0. The topological polar surface area (TPSA) is 26.0 Å². The van der Waals surface area contributed by atoms with E-state index in [0.717, 1.165) is 16.8 Å². The molecule has 0 aliphatic carbocycles. The van der Waals surface area contributed by atoms with Crippen molar-refractivity contribution in [3.8, 4) is 22.3 Å². The summed E-state index contributed by atoms with van der Waals surface area (Å²) in [5, 5.41) is 2.48. The first-order valence-electron chi connectivity index (χ1n) is 9.28. The van der Waals surface area contributed by atoms with Crippen LogP contribution in [-0.2, 0) is 0 Å². The SMILES string of the molecule is C/C=C\c1c(N)cccc1-c1ccc2ccc(-c3ccc(C)cc3)cc2c1. The van der Waals surface area contributed by atoms with Gasteiger partial charge in [-0.25, -0.2) is 0 Å². The Morgan fingerprint density at radius 3 is 2.11 bits per heavy atom. The van der Waals surface area contributed by atoms with E-state index in [0.29, 0.717) is 0 Å². The second-order valence-electron chi connectivity index (χ2n) is 6.95. The summed E-state index contributed by atoms with van der Waals surface area (Å²) in [6, 6.07) is 28.1. The van der Waals surface area contributed by atoms with Crippen molar-refractivity contribution in [1.82, 2.24) is 0 Å². The lowest BCUT2D eigenvalue weighted by molar-refractivity contribution is 1.47. The molecule has 0 aliphatic heterocycles. The van der Waals surface area contributed by atoms with Gasteiger partial charge in [0.2, 0.25) is 0 Å². The number of hydrogen-bond donors (Lipinski definition) is 1. The summed E-state index contributed by atoms with van der Waals surface area (Å²) in [4.78, 5) is 0. The molecule has 0 saturated heterocycles. The molecule has 2 N–H and O–H groups in total. The lowest BCUT2D eigenvalue weighted by Crippen LogP contribution is -1.92. The molecule has 0 amide bonds. The van der Waals surface area contributed by atoms with Gasteiger partial charge >= 0.3 is 0 Å². The average Bonchev–Trinajstić information content (AvgIpc) is 2.69. The first-order valence-corrected chi connectivity index (χ1v) is 9.28. The van der Waals surface area contributed by atoms with Crippen LogP contribution in [0.4, 0.5) is 5.69 Å². The number of benzene rings is 4. The molecule has 0 bridgehead atoms. The molecule has 0 aliphatic rings. The van der Waals surface area contributed by atoms with Crippen molar-refractivity contribution in [2.75, 3.05) is 5.73 Å². The second-order valence-corrected chi connectivity index (χ2v) is 6.95. The van der Waals surface area contributed by atoms with Gasteiger partial charge in [0, 0.05) is 11.3 Å². The van der Waals surface area contributed by atoms with E-state index in [4.69, 9.17) is 5.73 Å². The molecule has 4 aromatic rings. The van der Waals surface area contributed by atoms with Crippen LogP contribution < -0.4 is 5.73 Å². The third-order valence-electron chi connectivity index (χ3n) is 5.01. The van der Waals surface area contributed by atoms with E-state index in [1.165, 1.54) is 33.0 Å². The Hall–Kier alpha value is -3.32. The number of fused-ring (bicyclic) bond motifs is 1. The predicted octanol–water partition coefficient (Wildman–Crippen LogP) is 7.10. The normalized spacial score (nSPS) is 11.3. The molecule has 4 rings (SSSR count). The molecule has 0 heterocycles. The third-order valence-corrected chi connectivity index (χ3v) is 5.01. The number of aryl methyl sites for hydroxylation is 1. The van der Waals surface area contributed by atoms with Crippen LogP contribution in [0.3, 0.4) is 0 Å². The van der Waals surface area contributed by atoms with Gasteiger partial charge in [-0.15, -0.1) is 0 Å². The Balaban J connectivity index is 1.85. The standard InChI is InChI=1S/C26H23N/c1-3-5-25-24(6-4-7-26(25)27)22-15-13-20-12-14-21(16-23(20)17-22)19-10-8-18(2)9-11-19/h3-17H,27H2,1-2H3/b5-3-. The van der Waals surface area contributed by atoms with Gasteiger partial charge in [-0.3, -0.25) is 0 Å². The highest BCUT2D eigenvalue weighted by atomic mass is 14.6. The van der Waals surface area contributed by atoms with Crippen LogP contribution in [0, 0.1) is 6.92 Å². The molecule has 0 atom stereocenters. The molecular formula is C26H23N. The molecule has 0 saturated carbocycles. The molecule has 27 heavy (non-hydrogen) atoms. The van der Waals surface area contributed by atoms with Crippen molar-refractivity contribution in [2.45, 2.75) is 13.8 Å². The van der Waals surface area contributed by atoms with E-state index in [-0.39, 0.29) is 0 Å². The van der Waals surface area contributed by atoms with Gasteiger partial charge in [0.25, 0.3) is 0 Å². The van der Waals surface area contributed by atoms with Gasteiger partial charge in [-0.1, -0.05) is 78.4 Å². The number of hydrogen-bond acceptors (Lipinski definition) is 1. The lowest BCUT2D eigenvalue weighted by Gasteiger charge is -2.11. The third kappa shape index (κ3) is 3.37. The fourth-order valence-electron chi connectivity index (χ4n) is 3.53. The highest BCUT2D eigenvalue weighted by Gasteiger charge is 2.07. The van der Waals surface area contributed by atoms with Crippen molar-refractivity contribution < 1.29 is 0 Å². The Morgan fingerprint density at radius 2 is 1.37 bits per heavy atom. The van der Waals surface area contributed by atoms with Gasteiger partial charge in [-0.2, -0.15) is 0 Å². The first-order chi connectivity index (χ1) is 13.2. The molecule has 0 radical (unpaired) electrons. The van der Waals surface area contributed by atoms with Crippen molar-refractivity contribution in [2.24, 2.45) is 0 Å². The Morgan fingerprint density at radius 1 is 0.704 bits per heavy atom. The maximum atomic E-state index is 6.22. The monoisotopic (exact) mass is 349 g/mol. The van der Waals surface area contributed by atoms with Crippen LogP contribution in [0.25, 0.3) is 39.1 Å². The Labute approximate surface area is 160 Å². The van der Waals surface area contributed by atoms with Crippen LogP contribution in [0.5, 0.6) is 0 Å². The van der Waals surface area contributed by atoms with Crippen molar-refractivity contribution in [3.63, 3.8) is 0 Å². The van der Waals surface area contributed by atoms with Gasteiger partial charge in [0.1, 0.15) is 0 Å². The van der Waals surface area contributed by atoms with Gasteiger partial charge in [-0.05, 0) is 65.1 Å². The minimum atomic E-state index is 0.805. The van der Waals surface area contributed by atoms with E-state index in [2.05, 4.69) is 79.7 Å². The highest BCUT2D eigenvalue weighted by molar-refractivity contribution is 5.93. The van der Waals surface area contributed by atoms with Gasteiger partial charge < -0.3 is 5.73 Å². The zero-order chi connectivity index (χ0) is 18.8. The van der Waals surface area contributed by atoms with Crippen LogP contribution in [0.15, 0.2) is 84.9 Å². The lowest BCUT2D eigenvalue weighted by atomic mass is 9.94. The zero-order valence-electron chi connectivity index (χ0n) is 15.7. The van der Waals surface area contributed by atoms with E-state index in [1.54, 1.807) is 0 Å². The molecule has 4 aromatic carbocycles. The van der Waals surface area contributed by atoms with Crippen molar-refractivity contribution in [3.05, 3.63) is 96.1 Å². The quantitative estimate of drug-likeness (QED) is 0.392. The van der Waals surface area contributed by atoms with E-state index >= 15 is 0 Å². The summed E-state index contributed by atoms with van der Waals surface area (Å²) in [6.07, 6.45) is 4.11. The summed E-state index contributed by atoms with van der Waals surface area (Å²) < 4.78 is 0. The fraction of sp³-hybridized carbons (Fsp3) is 0.0769. The second kappa shape index (κ2) is 7.13. The van der Waals surface area contributed by atoms with Crippen LogP contribution in [0.1, 0.15) is 18.1 Å². The van der Waals surface area contributed by atoms with Crippen LogP contribution in [-0.4, -0.2) is 0 Å². The largest absolute Gasteiger partial charge is 0.398 e. The molecule has 0 aromatic heterocycles. The Kier molecular flexibility index (Phi) is 4.52. The van der Waals surface area contributed by atoms with Crippen LogP contribution >= 0.6 is 0 Å². The number of nitrogens with two attached hydrogens (primary N) is 1. The average molecular weight is 349 g/mol. The number of nitrogen functional groups attached to an aromatic ring is 1. The van der Waals surface area contributed by atoms with E-state index in [1.807, 2.05) is 25.1 Å². The smallest absolute Gasteiger partial charge is 0.0393 e. The van der Waals surface area contributed by atoms with Gasteiger partial charge in [0.15, 0.2) is 0 Å². The van der Waals surface area contributed by atoms with Crippen molar-refractivity contribution in [1.29, 1.82) is 0 Å². The maximum absolute atomic E-state index is 6.22. The molecule has 0 fully saturated rings. The van der Waals surface area contributed by atoms with Gasteiger partial charge in [0.05, 0.1) is 0 Å². The zero-order valence-corrected chi connectivity index (χ0v) is 15.7. The first kappa shape index (κ1) is 17.1. The molecule has 1 nitrogen and oxygen atoms in total. The summed E-state index contributed by atoms with van der Waals surface area (Å²) in [6.45, 7) is 4.13. The number of anilines is 1. The molecule has 0 unspecified atom stereocenters. The summed E-state index contributed by atoms with van der Waals surface area (Å²) in [5.74, 6) is 0. The predicted molar refractivity (Wildman–Crippen MR) is 119 cm³/mol. The highest BCUT2D eigenvalue weighted by Crippen LogP contribution is 2.32. The summed E-state index contributed by atoms with van der Waals surface area (Å²) >= 11 is 0. The van der Waals surface area contributed by atoms with E-state index in [9.17, 15) is 0 Å². The molecular weight excluding hydrogens is 326 g/mol.